The highest BCUT2D eigenvalue weighted by atomic mass is 79.9. The molecule has 1 saturated carbocycles. The van der Waals surface area contributed by atoms with Crippen LogP contribution in [0.25, 0.3) is 0 Å². The molecular formula is C15H16BrNO4. The van der Waals surface area contributed by atoms with Crippen LogP contribution in [0.5, 0.6) is 0 Å². The maximum Gasteiger partial charge on any atom is 0.326 e. The molecule has 0 radical (unpaired) electrons. The molecular weight excluding hydrogens is 338 g/mol. The molecule has 0 unspecified atom stereocenters. The summed E-state index contributed by atoms with van der Waals surface area (Å²) in [6, 6.07) is 6.65. The van der Waals surface area contributed by atoms with Crippen molar-refractivity contribution in [2.75, 3.05) is 6.54 Å². The third-order valence-electron chi connectivity index (χ3n) is 4.38. The number of carbonyl (C=O) groups is 2. The second-order valence-electron chi connectivity index (χ2n) is 5.79. The van der Waals surface area contributed by atoms with Gasteiger partial charge in [-0.1, -0.05) is 28.1 Å². The molecule has 2 fully saturated rings. The minimum Gasteiger partial charge on any atom is -0.480 e. The molecule has 5 nitrogen and oxygen atoms in total. The van der Waals surface area contributed by atoms with E-state index in [1.54, 1.807) is 0 Å². The van der Waals surface area contributed by atoms with Crippen LogP contribution in [0.3, 0.4) is 0 Å². The van der Waals surface area contributed by atoms with Crippen molar-refractivity contribution in [3.8, 4) is 0 Å². The Hall–Kier alpha value is -1.40. The first-order chi connectivity index (χ1) is 9.94. The van der Waals surface area contributed by atoms with E-state index in [9.17, 15) is 19.8 Å². The monoisotopic (exact) mass is 353 g/mol. The molecule has 1 heterocycles. The van der Waals surface area contributed by atoms with E-state index >= 15 is 0 Å². The minimum absolute atomic E-state index is 0.105. The number of aliphatic hydroxyl groups is 1. The van der Waals surface area contributed by atoms with Crippen molar-refractivity contribution in [3.63, 3.8) is 0 Å². The van der Waals surface area contributed by atoms with Crippen molar-refractivity contribution < 1.29 is 19.8 Å². The number of carbonyl (C=O) groups excluding carboxylic acids is 1. The molecule has 112 valence electrons. The average molecular weight is 354 g/mol. The summed E-state index contributed by atoms with van der Waals surface area (Å²) in [6.07, 6.45) is 0.812. The Kier molecular flexibility index (Phi) is 3.53. The van der Waals surface area contributed by atoms with E-state index in [1.165, 1.54) is 4.90 Å². The predicted molar refractivity (Wildman–Crippen MR) is 78.8 cm³/mol. The van der Waals surface area contributed by atoms with Gasteiger partial charge in [-0.05, 0) is 30.5 Å². The third-order valence-corrected chi connectivity index (χ3v) is 4.91. The van der Waals surface area contributed by atoms with Crippen LogP contribution in [0.4, 0.5) is 0 Å². The molecule has 1 saturated heterocycles. The third kappa shape index (κ3) is 2.46. The van der Waals surface area contributed by atoms with Crippen molar-refractivity contribution in [1.82, 2.24) is 4.90 Å². The van der Waals surface area contributed by atoms with Crippen molar-refractivity contribution in [2.45, 2.75) is 36.8 Å². The average Bonchev–Trinajstić information content (AvgIpc) is 3.15. The molecule has 6 heteroatoms. The summed E-state index contributed by atoms with van der Waals surface area (Å²) >= 11 is 3.37. The first kappa shape index (κ1) is 14.5. The van der Waals surface area contributed by atoms with E-state index in [0.29, 0.717) is 0 Å². The van der Waals surface area contributed by atoms with Gasteiger partial charge in [0.2, 0.25) is 5.91 Å². The summed E-state index contributed by atoms with van der Waals surface area (Å²) in [5.41, 5.74) is 0.319. The molecule has 1 aliphatic heterocycles. The summed E-state index contributed by atoms with van der Waals surface area (Å²) in [6.45, 7) is 0.105. The molecule has 2 atom stereocenters. The molecule has 0 aromatic heterocycles. The maximum absolute atomic E-state index is 12.8. The number of halogens is 1. The Labute approximate surface area is 130 Å². The molecule has 1 aromatic carbocycles. The van der Waals surface area contributed by atoms with E-state index in [0.717, 1.165) is 22.9 Å². The standard InChI is InChI=1S/C15H16BrNO4/c16-10-3-1-9(2-4-10)15(5-6-15)14(21)17-8-11(18)7-12(17)13(19)20/h1-4,11-12,18H,5-8H2,(H,19,20)/t11-,12-/m0/s1. The highest BCUT2D eigenvalue weighted by Gasteiger charge is 2.55. The van der Waals surface area contributed by atoms with Crippen molar-refractivity contribution >= 4 is 27.8 Å². The smallest absolute Gasteiger partial charge is 0.326 e. The van der Waals surface area contributed by atoms with Gasteiger partial charge in [0.1, 0.15) is 6.04 Å². The number of β-amino-alcohol motifs (C(OH)–C–C–N with tert-alkyl or cyclic N) is 1. The lowest BCUT2D eigenvalue weighted by Crippen LogP contribution is -2.45. The fourth-order valence-electron chi connectivity index (χ4n) is 3.07. The van der Waals surface area contributed by atoms with E-state index in [4.69, 9.17) is 0 Å². The Morgan fingerprint density at radius 2 is 1.86 bits per heavy atom. The summed E-state index contributed by atoms with van der Waals surface area (Å²) in [5.74, 6) is -1.22. The number of aliphatic carboxylic acids is 1. The van der Waals surface area contributed by atoms with Gasteiger partial charge in [0.05, 0.1) is 11.5 Å². The lowest BCUT2D eigenvalue weighted by atomic mass is 9.94. The number of hydrogen-bond acceptors (Lipinski definition) is 3. The molecule has 1 aromatic rings. The molecule has 21 heavy (non-hydrogen) atoms. The van der Waals surface area contributed by atoms with Gasteiger partial charge < -0.3 is 15.1 Å². The van der Waals surface area contributed by atoms with Crippen LogP contribution in [-0.4, -0.2) is 45.7 Å². The summed E-state index contributed by atoms with van der Waals surface area (Å²) in [7, 11) is 0. The largest absolute Gasteiger partial charge is 0.480 e. The molecule has 1 aliphatic carbocycles. The van der Waals surface area contributed by atoms with Crippen LogP contribution in [0.2, 0.25) is 0 Å². The highest BCUT2D eigenvalue weighted by Crippen LogP contribution is 2.50. The highest BCUT2D eigenvalue weighted by molar-refractivity contribution is 9.10. The maximum atomic E-state index is 12.8. The number of nitrogens with zero attached hydrogens (tertiary/aromatic N) is 1. The first-order valence-corrected chi connectivity index (χ1v) is 7.71. The zero-order valence-electron chi connectivity index (χ0n) is 11.3. The molecule has 3 rings (SSSR count). The number of amides is 1. The van der Waals surface area contributed by atoms with Gasteiger partial charge in [0.15, 0.2) is 0 Å². The summed E-state index contributed by atoms with van der Waals surface area (Å²) in [4.78, 5) is 25.4. The van der Waals surface area contributed by atoms with E-state index < -0.39 is 23.5 Å². The second kappa shape index (κ2) is 5.10. The number of rotatable bonds is 3. The molecule has 1 amide bonds. The zero-order chi connectivity index (χ0) is 15.2. The van der Waals surface area contributed by atoms with E-state index in [-0.39, 0.29) is 18.9 Å². The van der Waals surface area contributed by atoms with Crippen LogP contribution >= 0.6 is 15.9 Å². The number of carboxylic acid groups (broad SMARTS) is 1. The lowest BCUT2D eigenvalue weighted by Gasteiger charge is -2.26. The topological polar surface area (TPSA) is 77.8 Å². The Balaban J connectivity index is 1.87. The van der Waals surface area contributed by atoms with Crippen molar-refractivity contribution in [3.05, 3.63) is 34.3 Å². The SMILES string of the molecule is O=C(O)[C@@H]1C[C@H](O)CN1C(=O)C1(c2ccc(Br)cc2)CC1. The van der Waals surface area contributed by atoms with Gasteiger partial charge in [-0.2, -0.15) is 0 Å². The van der Waals surface area contributed by atoms with Crippen LogP contribution in [0.1, 0.15) is 24.8 Å². The quantitative estimate of drug-likeness (QED) is 0.863. The molecule has 2 N–H and O–H groups in total. The number of carboxylic acids is 1. The Morgan fingerprint density at radius 1 is 1.24 bits per heavy atom. The number of aliphatic hydroxyl groups excluding tert-OH is 1. The Morgan fingerprint density at radius 3 is 2.38 bits per heavy atom. The fraction of sp³-hybridized carbons (Fsp3) is 0.467. The van der Waals surface area contributed by atoms with Gasteiger partial charge in [-0.15, -0.1) is 0 Å². The van der Waals surface area contributed by atoms with Gasteiger partial charge in [0, 0.05) is 17.4 Å². The fourth-order valence-corrected chi connectivity index (χ4v) is 3.33. The van der Waals surface area contributed by atoms with Crippen molar-refractivity contribution in [2.24, 2.45) is 0 Å². The lowest BCUT2D eigenvalue weighted by molar-refractivity contribution is -0.149. The number of hydrogen-bond donors (Lipinski definition) is 2. The zero-order valence-corrected chi connectivity index (χ0v) is 12.9. The van der Waals surface area contributed by atoms with Crippen LogP contribution in [0, 0.1) is 0 Å². The summed E-state index contributed by atoms with van der Waals surface area (Å²) < 4.78 is 0.939. The Bertz CT molecular complexity index is 582. The molecule has 0 spiro atoms. The van der Waals surface area contributed by atoms with Crippen LogP contribution in [-0.2, 0) is 15.0 Å². The number of likely N-dealkylation sites (tertiary alicyclic amines) is 1. The van der Waals surface area contributed by atoms with E-state index in [2.05, 4.69) is 15.9 Å². The van der Waals surface area contributed by atoms with Crippen LogP contribution in [0.15, 0.2) is 28.7 Å². The normalized spacial score (nSPS) is 26.7. The van der Waals surface area contributed by atoms with E-state index in [1.807, 2.05) is 24.3 Å². The van der Waals surface area contributed by atoms with Gasteiger partial charge in [-0.25, -0.2) is 4.79 Å². The first-order valence-electron chi connectivity index (χ1n) is 6.92. The van der Waals surface area contributed by atoms with Gasteiger partial charge in [0.25, 0.3) is 0 Å². The molecule has 2 aliphatic rings. The van der Waals surface area contributed by atoms with Crippen molar-refractivity contribution in [1.29, 1.82) is 0 Å². The van der Waals surface area contributed by atoms with Gasteiger partial charge >= 0.3 is 5.97 Å². The van der Waals surface area contributed by atoms with Gasteiger partial charge in [-0.3, -0.25) is 4.79 Å². The molecule has 0 bridgehead atoms. The second-order valence-corrected chi connectivity index (χ2v) is 6.71. The number of benzene rings is 1. The predicted octanol–water partition coefficient (Wildman–Crippen LogP) is 1.53. The summed E-state index contributed by atoms with van der Waals surface area (Å²) in [5, 5.41) is 18.9. The van der Waals surface area contributed by atoms with Crippen LogP contribution < -0.4 is 0 Å². The minimum atomic E-state index is -1.05.